The Balaban J connectivity index is 3.06. The van der Waals surface area contributed by atoms with Crippen LogP contribution in [0.15, 0.2) is 11.5 Å². The highest BCUT2D eigenvalue weighted by atomic mass is 16.6. The molecule has 1 heterocycles. The first-order valence-electron chi connectivity index (χ1n) is 2.81. The highest BCUT2D eigenvalue weighted by Gasteiger charge is 2.40. The molecule has 0 aromatic carbocycles. The van der Waals surface area contributed by atoms with Gasteiger partial charge < -0.3 is 14.9 Å². The summed E-state index contributed by atoms with van der Waals surface area (Å²) in [7, 11) is 0. The number of rotatable bonds is 0. The average Bonchev–Trinajstić information content (AvgIpc) is 1.95. The first-order chi connectivity index (χ1) is 4.45. The van der Waals surface area contributed by atoms with Crippen LogP contribution in [0.3, 0.4) is 0 Å². The number of ether oxygens (including phenoxy) is 1. The zero-order chi connectivity index (χ0) is 7.94. The Labute approximate surface area is 57.7 Å². The van der Waals surface area contributed by atoms with Gasteiger partial charge in [0.1, 0.15) is 0 Å². The number of carbonyl (C=O) groups is 1. The molecule has 0 spiro atoms. The molecule has 0 bridgehead atoms. The lowest BCUT2D eigenvalue weighted by atomic mass is 10.1. The third-order valence-electron chi connectivity index (χ3n) is 1.34. The second-order valence-corrected chi connectivity index (χ2v) is 2.60. The molecule has 0 atom stereocenters. The minimum absolute atomic E-state index is 0.405. The van der Waals surface area contributed by atoms with Gasteiger partial charge in [0.25, 0.3) is 0 Å². The smallest absolute Gasteiger partial charge is 0.378 e. The number of carbonyl (C=O) groups excluding carboxylic acids is 1. The van der Waals surface area contributed by atoms with Crippen molar-refractivity contribution in [1.82, 2.24) is 0 Å². The van der Waals surface area contributed by atoms with Crippen LogP contribution in [-0.2, 0) is 9.53 Å². The summed E-state index contributed by atoms with van der Waals surface area (Å²) in [6.45, 7) is 2.98. The second-order valence-electron chi connectivity index (χ2n) is 2.60. The molecule has 0 aliphatic carbocycles. The number of hydrogen-bond donors (Lipinski definition) is 2. The van der Waals surface area contributed by atoms with E-state index in [0.29, 0.717) is 0 Å². The van der Waals surface area contributed by atoms with Crippen LogP contribution in [-0.4, -0.2) is 21.8 Å². The number of aliphatic hydroxyl groups excluding tert-OH is 2. The summed E-state index contributed by atoms with van der Waals surface area (Å²) in [5.41, 5.74) is -1.07. The molecular weight excluding hydrogens is 136 g/mol. The van der Waals surface area contributed by atoms with Gasteiger partial charge in [0.15, 0.2) is 11.4 Å². The van der Waals surface area contributed by atoms with Gasteiger partial charge in [0.2, 0.25) is 5.76 Å². The Morgan fingerprint density at radius 2 is 1.90 bits per heavy atom. The third-order valence-corrected chi connectivity index (χ3v) is 1.34. The van der Waals surface area contributed by atoms with Crippen molar-refractivity contribution in [3.8, 4) is 0 Å². The van der Waals surface area contributed by atoms with Gasteiger partial charge in [-0.15, -0.1) is 0 Å². The van der Waals surface area contributed by atoms with E-state index < -0.39 is 23.1 Å². The summed E-state index contributed by atoms with van der Waals surface area (Å²) in [6, 6.07) is 0. The van der Waals surface area contributed by atoms with Crippen molar-refractivity contribution in [2.45, 2.75) is 19.4 Å². The van der Waals surface area contributed by atoms with Gasteiger partial charge in [0, 0.05) is 0 Å². The summed E-state index contributed by atoms with van der Waals surface area (Å²) in [4.78, 5) is 10.5. The molecule has 4 nitrogen and oxygen atoms in total. The SMILES string of the molecule is CC1(C)OC(=O)C(O)=C1O. The normalized spacial score (nSPS) is 23.2. The van der Waals surface area contributed by atoms with Gasteiger partial charge >= 0.3 is 5.97 Å². The predicted octanol–water partition coefficient (Wildman–Crippen LogP) is 0.649. The third kappa shape index (κ3) is 0.725. The van der Waals surface area contributed by atoms with E-state index in [1.165, 1.54) is 13.8 Å². The summed E-state index contributed by atoms with van der Waals surface area (Å²) >= 11 is 0. The second kappa shape index (κ2) is 1.65. The van der Waals surface area contributed by atoms with Crippen LogP contribution in [0.25, 0.3) is 0 Å². The number of hydrogen-bond acceptors (Lipinski definition) is 4. The molecule has 0 radical (unpaired) electrons. The van der Waals surface area contributed by atoms with E-state index in [1.807, 2.05) is 0 Å². The summed E-state index contributed by atoms with van der Waals surface area (Å²) in [5, 5.41) is 17.7. The van der Waals surface area contributed by atoms with Crippen molar-refractivity contribution in [2.75, 3.05) is 0 Å². The molecule has 0 saturated carbocycles. The topological polar surface area (TPSA) is 66.8 Å². The van der Waals surface area contributed by atoms with Crippen molar-refractivity contribution in [2.24, 2.45) is 0 Å². The van der Waals surface area contributed by atoms with E-state index in [-0.39, 0.29) is 0 Å². The fourth-order valence-electron chi connectivity index (χ4n) is 0.710. The largest absolute Gasteiger partial charge is 0.505 e. The van der Waals surface area contributed by atoms with Crippen LogP contribution in [0, 0.1) is 0 Å². The van der Waals surface area contributed by atoms with Crippen molar-refractivity contribution in [3.63, 3.8) is 0 Å². The van der Waals surface area contributed by atoms with Crippen LogP contribution >= 0.6 is 0 Å². The quantitative estimate of drug-likeness (QED) is 0.490. The molecule has 0 fully saturated rings. The van der Waals surface area contributed by atoms with E-state index in [4.69, 9.17) is 10.2 Å². The Bertz CT molecular complexity index is 214. The number of cyclic esters (lactones) is 1. The molecule has 0 aromatic heterocycles. The summed E-state index contributed by atoms with van der Waals surface area (Å²) in [6.07, 6.45) is 0. The van der Waals surface area contributed by atoms with Crippen LogP contribution in [0.2, 0.25) is 0 Å². The lowest BCUT2D eigenvalue weighted by molar-refractivity contribution is -0.147. The average molecular weight is 144 g/mol. The first kappa shape index (κ1) is 6.92. The Hall–Kier alpha value is -1.19. The highest BCUT2D eigenvalue weighted by molar-refractivity contribution is 5.89. The number of aliphatic hydroxyl groups is 2. The van der Waals surface area contributed by atoms with E-state index >= 15 is 0 Å². The van der Waals surface area contributed by atoms with Gasteiger partial charge in [-0.25, -0.2) is 4.79 Å². The molecule has 0 unspecified atom stereocenters. The Morgan fingerprint density at radius 3 is 2.00 bits per heavy atom. The van der Waals surface area contributed by atoms with Gasteiger partial charge in [-0.3, -0.25) is 0 Å². The Kier molecular flexibility index (Phi) is 1.14. The predicted molar refractivity (Wildman–Crippen MR) is 32.5 cm³/mol. The van der Waals surface area contributed by atoms with Crippen molar-refractivity contribution >= 4 is 5.97 Å². The van der Waals surface area contributed by atoms with Crippen LogP contribution < -0.4 is 0 Å². The van der Waals surface area contributed by atoms with Crippen molar-refractivity contribution in [1.29, 1.82) is 0 Å². The van der Waals surface area contributed by atoms with E-state index in [0.717, 1.165) is 0 Å². The Morgan fingerprint density at radius 1 is 1.40 bits per heavy atom. The standard InChI is InChI=1S/C6H8O4/c1-6(2)4(8)3(7)5(9)10-6/h7-8H,1-2H3. The van der Waals surface area contributed by atoms with Crippen LogP contribution in [0.1, 0.15) is 13.8 Å². The zero-order valence-electron chi connectivity index (χ0n) is 5.71. The van der Waals surface area contributed by atoms with Gasteiger partial charge in [0.05, 0.1) is 0 Å². The summed E-state index contributed by atoms with van der Waals surface area (Å²) < 4.78 is 4.56. The number of esters is 1. The molecule has 1 aliphatic heterocycles. The van der Waals surface area contributed by atoms with Gasteiger partial charge in [-0.05, 0) is 13.8 Å². The molecule has 2 N–H and O–H groups in total. The molecule has 1 rings (SSSR count). The minimum Gasteiger partial charge on any atom is -0.505 e. The maximum atomic E-state index is 10.5. The summed E-state index contributed by atoms with van der Waals surface area (Å²) in [5.74, 6) is -1.97. The van der Waals surface area contributed by atoms with E-state index in [2.05, 4.69) is 4.74 Å². The highest BCUT2D eigenvalue weighted by Crippen LogP contribution is 2.28. The van der Waals surface area contributed by atoms with E-state index in [1.54, 1.807) is 0 Å². The molecule has 0 aromatic rings. The van der Waals surface area contributed by atoms with Crippen molar-refractivity contribution in [3.05, 3.63) is 11.5 Å². The molecule has 10 heavy (non-hydrogen) atoms. The van der Waals surface area contributed by atoms with Gasteiger partial charge in [-0.1, -0.05) is 0 Å². The molecule has 56 valence electrons. The van der Waals surface area contributed by atoms with Crippen LogP contribution in [0.5, 0.6) is 0 Å². The minimum atomic E-state index is -1.07. The molecule has 4 heteroatoms. The fourth-order valence-corrected chi connectivity index (χ4v) is 0.710. The lowest BCUT2D eigenvalue weighted by Crippen LogP contribution is -2.22. The fraction of sp³-hybridized carbons (Fsp3) is 0.500. The van der Waals surface area contributed by atoms with E-state index in [9.17, 15) is 4.79 Å². The van der Waals surface area contributed by atoms with Gasteiger partial charge in [-0.2, -0.15) is 0 Å². The molecular formula is C6H8O4. The monoisotopic (exact) mass is 144 g/mol. The molecule has 0 saturated heterocycles. The zero-order valence-corrected chi connectivity index (χ0v) is 5.71. The molecule has 1 aliphatic rings. The maximum Gasteiger partial charge on any atom is 0.378 e. The maximum absolute atomic E-state index is 10.5. The molecule has 0 amide bonds. The van der Waals surface area contributed by atoms with Crippen LogP contribution in [0.4, 0.5) is 0 Å². The first-order valence-corrected chi connectivity index (χ1v) is 2.81. The lowest BCUT2D eigenvalue weighted by Gasteiger charge is -2.15. The van der Waals surface area contributed by atoms with Crippen molar-refractivity contribution < 1.29 is 19.7 Å².